The van der Waals surface area contributed by atoms with Crippen molar-refractivity contribution < 1.29 is 4.79 Å². The fourth-order valence-electron chi connectivity index (χ4n) is 1.42. The van der Waals surface area contributed by atoms with E-state index in [9.17, 15) is 4.79 Å². The van der Waals surface area contributed by atoms with E-state index >= 15 is 0 Å². The van der Waals surface area contributed by atoms with E-state index in [1.165, 1.54) is 5.70 Å². The summed E-state index contributed by atoms with van der Waals surface area (Å²) in [5, 5.41) is 0. The minimum atomic E-state index is 0.278. The van der Waals surface area contributed by atoms with Gasteiger partial charge in [0.15, 0.2) is 5.78 Å². The van der Waals surface area contributed by atoms with E-state index in [0.29, 0.717) is 12.5 Å². The fourth-order valence-corrected chi connectivity index (χ4v) is 1.42. The maximum atomic E-state index is 11.0. The number of hydrogen-bond acceptors (Lipinski definition) is 2. The second-order valence-corrected chi connectivity index (χ2v) is 3.47. The molecule has 0 aromatic heterocycles. The van der Waals surface area contributed by atoms with Gasteiger partial charge in [-0.15, -0.1) is 0 Å². The van der Waals surface area contributed by atoms with Gasteiger partial charge in [0, 0.05) is 31.3 Å². The molecule has 1 aliphatic carbocycles. The first kappa shape index (κ1) is 9.30. The normalized spacial score (nSPS) is 19.2. The summed E-state index contributed by atoms with van der Waals surface area (Å²) < 4.78 is 0. The standard InChI is InChI=1S/C10H17NO/c1-4-8(2)11(3)9-5-6-10(12)7-9/h7-8H,4-6H2,1-3H3. The molecule has 0 aromatic rings. The molecule has 0 aliphatic heterocycles. The van der Waals surface area contributed by atoms with Gasteiger partial charge < -0.3 is 4.90 Å². The quantitative estimate of drug-likeness (QED) is 0.640. The van der Waals surface area contributed by atoms with Crippen molar-refractivity contribution in [1.82, 2.24) is 4.90 Å². The van der Waals surface area contributed by atoms with E-state index in [0.717, 1.165) is 12.8 Å². The van der Waals surface area contributed by atoms with Crippen LogP contribution in [0.4, 0.5) is 0 Å². The number of carbonyl (C=O) groups excluding carboxylic acids is 1. The number of rotatable bonds is 3. The zero-order valence-electron chi connectivity index (χ0n) is 8.13. The van der Waals surface area contributed by atoms with Crippen LogP contribution < -0.4 is 0 Å². The Morgan fingerprint density at radius 1 is 1.58 bits per heavy atom. The van der Waals surface area contributed by atoms with Crippen LogP contribution in [0.25, 0.3) is 0 Å². The first-order valence-corrected chi connectivity index (χ1v) is 4.61. The van der Waals surface area contributed by atoms with Crippen LogP contribution in [0.5, 0.6) is 0 Å². The van der Waals surface area contributed by atoms with Crippen LogP contribution in [0.2, 0.25) is 0 Å². The molecule has 0 saturated carbocycles. The Kier molecular flexibility index (Phi) is 2.90. The first-order chi connectivity index (χ1) is 5.65. The maximum Gasteiger partial charge on any atom is 0.157 e. The molecule has 1 rings (SSSR count). The van der Waals surface area contributed by atoms with Crippen molar-refractivity contribution >= 4 is 5.78 Å². The van der Waals surface area contributed by atoms with Crippen molar-refractivity contribution in [2.24, 2.45) is 0 Å². The summed E-state index contributed by atoms with van der Waals surface area (Å²) in [4.78, 5) is 13.2. The Balaban J connectivity index is 2.58. The van der Waals surface area contributed by atoms with Gasteiger partial charge in [-0.25, -0.2) is 0 Å². The van der Waals surface area contributed by atoms with Crippen LogP contribution in [0.1, 0.15) is 33.1 Å². The Labute approximate surface area is 74.2 Å². The van der Waals surface area contributed by atoms with E-state index < -0.39 is 0 Å². The van der Waals surface area contributed by atoms with Crippen molar-refractivity contribution in [3.8, 4) is 0 Å². The molecule has 1 unspecified atom stereocenters. The molecule has 12 heavy (non-hydrogen) atoms. The van der Waals surface area contributed by atoms with Gasteiger partial charge in [-0.05, 0) is 19.8 Å². The summed E-state index contributed by atoms with van der Waals surface area (Å²) >= 11 is 0. The van der Waals surface area contributed by atoms with Gasteiger partial charge in [-0.2, -0.15) is 0 Å². The number of ketones is 1. The molecule has 1 aliphatic rings. The molecule has 0 spiro atoms. The third-order valence-corrected chi connectivity index (χ3v) is 2.66. The Morgan fingerprint density at radius 3 is 2.67 bits per heavy atom. The van der Waals surface area contributed by atoms with Crippen molar-refractivity contribution in [3.05, 3.63) is 11.8 Å². The van der Waals surface area contributed by atoms with Crippen LogP contribution in [0.3, 0.4) is 0 Å². The summed E-state index contributed by atoms with van der Waals surface area (Å²) in [6.07, 6.45) is 4.55. The van der Waals surface area contributed by atoms with Crippen LogP contribution in [0.15, 0.2) is 11.8 Å². The molecule has 2 heteroatoms. The Hall–Kier alpha value is -0.790. The third-order valence-electron chi connectivity index (χ3n) is 2.66. The summed E-state index contributed by atoms with van der Waals surface area (Å²) in [7, 11) is 2.07. The van der Waals surface area contributed by atoms with Crippen molar-refractivity contribution in [2.75, 3.05) is 7.05 Å². The molecule has 2 nitrogen and oxygen atoms in total. The lowest BCUT2D eigenvalue weighted by atomic mass is 10.2. The molecule has 0 heterocycles. The van der Waals surface area contributed by atoms with Gasteiger partial charge in [-0.3, -0.25) is 4.79 Å². The van der Waals surface area contributed by atoms with Crippen molar-refractivity contribution in [2.45, 2.75) is 39.2 Å². The molecule has 0 aromatic carbocycles. The van der Waals surface area contributed by atoms with E-state index in [-0.39, 0.29) is 5.78 Å². The average Bonchev–Trinajstić information content (AvgIpc) is 2.49. The molecular weight excluding hydrogens is 150 g/mol. The molecule has 0 N–H and O–H groups in total. The van der Waals surface area contributed by atoms with Gasteiger partial charge >= 0.3 is 0 Å². The summed E-state index contributed by atoms with van der Waals surface area (Å²) in [5.41, 5.74) is 1.20. The van der Waals surface area contributed by atoms with E-state index in [1.807, 2.05) is 0 Å². The summed E-state index contributed by atoms with van der Waals surface area (Å²) in [5.74, 6) is 0.278. The average molecular weight is 167 g/mol. The lowest BCUT2D eigenvalue weighted by Gasteiger charge is -2.26. The molecule has 0 saturated heterocycles. The summed E-state index contributed by atoms with van der Waals surface area (Å²) in [6, 6.07) is 0.544. The second-order valence-electron chi connectivity index (χ2n) is 3.47. The lowest BCUT2D eigenvalue weighted by Crippen LogP contribution is -2.26. The van der Waals surface area contributed by atoms with Crippen LogP contribution in [-0.4, -0.2) is 23.8 Å². The fraction of sp³-hybridized carbons (Fsp3) is 0.700. The molecule has 0 amide bonds. The molecule has 0 radical (unpaired) electrons. The monoisotopic (exact) mass is 167 g/mol. The number of carbonyl (C=O) groups is 1. The van der Waals surface area contributed by atoms with Gasteiger partial charge in [-0.1, -0.05) is 6.92 Å². The Morgan fingerprint density at radius 2 is 2.25 bits per heavy atom. The van der Waals surface area contributed by atoms with Crippen LogP contribution in [0, 0.1) is 0 Å². The number of nitrogens with zero attached hydrogens (tertiary/aromatic N) is 1. The van der Waals surface area contributed by atoms with Gasteiger partial charge in [0.25, 0.3) is 0 Å². The second kappa shape index (κ2) is 3.74. The van der Waals surface area contributed by atoms with Gasteiger partial charge in [0.2, 0.25) is 0 Å². The predicted octanol–water partition coefficient (Wildman–Crippen LogP) is 1.96. The smallest absolute Gasteiger partial charge is 0.157 e. The molecule has 1 atom stereocenters. The highest BCUT2D eigenvalue weighted by atomic mass is 16.1. The zero-order valence-corrected chi connectivity index (χ0v) is 8.13. The summed E-state index contributed by atoms with van der Waals surface area (Å²) in [6.45, 7) is 4.35. The van der Waals surface area contributed by atoms with Gasteiger partial charge in [0.1, 0.15) is 0 Å². The number of hydrogen-bond donors (Lipinski definition) is 0. The van der Waals surface area contributed by atoms with Crippen molar-refractivity contribution in [3.63, 3.8) is 0 Å². The predicted molar refractivity (Wildman–Crippen MR) is 49.8 cm³/mol. The van der Waals surface area contributed by atoms with Crippen LogP contribution in [-0.2, 0) is 4.79 Å². The molecule has 0 bridgehead atoms. The minimum absolute atomic E-state index is 0.278. The zero-order chi connectivity index (χ0) is 9.14. The van der Waals surface area contributed by atoms with E-state index in [1.54, 1.807) is 6.08 Å². The highest BCUT2D eigenvalue weighted by molar-refractivity contribution is 5.92. The minimum Gasteiger partial charge on any atom is -0.375 e. The number of allylic oxidation sites excluding steroid dienone is 2. The molecular formula is C10H17NO. The first-order valence-electron chi connectivity index (χ1n) is 4.61. The maximum absolute atomic E-state index is 11.0. The van der Waals surface area contributed by atoms with Crippen molar-refractivity contribution in [1.29, 1.82) is 0 Å². The highest BCUT2D eigenvalue weighted by Crippen LogP contribution is 2.20. The molecule has 0 fully saturated rings. The Bertz CT molecular complexity index is 208. The third kappa shape index (κ3) is 1.87. The highest BCUT2D eigenvalue weighted by Gasteiger charge is 2.17. The van der Waals surface area contributed by atoms with Crippen LogP contribution >= 0.6 is 0 Å². The topological polar surface area (TPSA) is 20.3 Å². The lowest BCUT2D eigenvalue weighted by molar-refractivity contribution is -0.114. The largest absolute Gasteiger partial charge is 0.375 e. The van der Waals surface area contributed by atoms with Gasteiger partial charge in [0.05, 0.1) is 0 Å². The molecule has 68 valence electrons. The SMILES string of the molecule is CCC(C)N(C)C1=CC(=O)CC1. The van der Waals surface area contributed by atoms with E-state index in [4.69, 9.17) is 0 Å². The van der Waals surface area contributed by atoms with E-state index in [2.05, 4.69) is 25.8 Å².